The number of rotatable bonds is 8. The molecule has 25 heavy (non-hydrogen) atoms. The van der Waals surface area contributed by atoms with E-state index in [0.717, 1.165) is 0 Å². The smallest absolute Gasteiger partial charge is 0.308 e. The summed E-state index contributed by atoms with van der Waals surface area (Å²) in [5.41, 5.74) is 5.52. The SMILES string of the molecule is CCOC(=O)C[C@@H](C)[C@H](NC(=O)c1cccc(OC(C)=O)c1)C(N)=O. The summed E-state index contributed by atoms with van der Waals surface area (Å²) in [6.07, 6.45) is -0.0603. The fourth-order valence-electron chi connectivity index (χ4n) is 2.19. The number of carbonyl (C=O) groups is 4. The fourth-order valence-corrected chi connectivity index (χ4v) is 2.19. The third-order valence-corrected chi connectivity index (χ3v) is 3.31. The van der Waals surface area contributed by atoms with Gasteiger partial charge in [0.05, 0.1) is 13.0 Å². The molecule has 1 aromatic rings. The van der Waals surface area contributed by atoms with E-state index >= 15 is 0 Å². The molecule has 0 aliphatic heterocycles. The molecule has 0 aliphatic rings. The second kappa shape index (κ2) is 9.41. The van der Waals surface area contributed by atoms with Crippen LogP contribution in [0.4, 0.5) is 0 Å². The van der Waals surface area contributed by atoms with Crippen molar-refractivity contribution in [2.75, 3.05) is 6.61 Å². The van der Waals surface area contributed by atoms with Crippen LogP contribution < -0.4 is 15.8 Å². The second-order valence-corrected chi connectivity index (χ2v) is 5.46. The molecule has 0 bridgehead atoms. The molecule has 1 rings (SSSR count). The maximum atomic E-state index is 12.3. The van der Waals surface area contributed by atoms with Crippen molar-refractivity contribution in [3.63, 3.8) is 0 Å². The molecule has 0 aliphatic carbocycles. The third-order valence-electron chi connectivity index (χ3n) is 3.31. The molecule has 2 atom stereocenters. The average molecular weight is 350 g/mol. The number of ether oxygens (including phenoxy) is 2. The quantitative estimate of drug-likeness (QED) is 0.527. The highest BCUT2D eigenvalue weighted by Gasteiger charge is 2.27. The van der Waals surface area contributed by atoms with Crippen molar-refractivity contribution < 1.29 is 28.7 Å². The van der Waals surface area contributed by atoms with Crippen LogP contribution in [0.25, 0.3) is 0 Å². The van der Waals surface area contributed by atoms with Crippen molar-refractivity contribution in [1.29, 1.82) is 0 Å². The van der Waals surface area contributed by atoms with E-state index in [1.165, 1.54) is 31.2 Å². The first-order valence-corrected chi connectivity index (χ1v) is 7.78. The lowest BCUT2D eigenvalue weighted by molar-refractivity contribution is -0.144. The summed E-state index contributed by atoms with van der Waals surface area (Å²) in [6.45, 7) is 4.75. The predicted molar refractivity (Wildman–Crippen MR) is 88.6 cm³/mol. The Balaban J connectivity index is 2.84. The normalized spacial score (nSPS) is 12.6. The van der Waals surface area contributed by atoms with Gasteiger partial charge < -0.3 is 20.5 Å². The molecule has 0 radical (unpaired) electrons. The first kappa shape index (κ1) is 20.1. The zero-order chi connectivity index (χ0) is 19.0. The Kier molecular flexibility index (Phi) is 7.58. The van der Waals surface area contributed by atoms with Crippen LogP contribution in [0.3, 0.4) is 0 Å². The average Bonchev–Trinajstić information content (AvgIpc) is 2.51. The van der Waals surface area contributed by atoms with Gasteiger partial charge in [0.25, 0.3) is 5.91 Å². The summed E-state index contributed by atoms with van der Waals surface area (Å²) in [4.78, 5) is 46.5. The number of primary amides is 1. The van der Waals surface area contributed by atoms with Crippen LogP contribution in [0.5, 0.6) is 5.75 Å². The van der Waals surface area contributed by atoms with Gasteiger partial charge in [0.15, 0.2) is 0 Å². The number of hydrogen-bond acceptors (Lipinski definition) is 6. The molecule has 0 aromatic heterocycles. The molecule has 1 aromatic carbocycles. The second-order valence-electron chi connectivity index (χ2n) is 5.46. The van der Waals surface area contributed by atoms with Gasteiger partial charge in [-0.25, -0.2) is 0 Å². The first-order valence-electron chi connectivity index (χ1n) is 7.78. The highest BCUT2D eigenvalue weighted by atomic mass is 16.5. The summed E-state index contributed by atoms with van der Waals surface area (Å²) in [5.74, 6) is -2.68. The van der Waals surface area contributed by atoms with Crippen LogP contribution in [-0.4, -0.2) is 36.4 Å². The zero-order valence-corrected chi connectivity index (χ0v) is 14.4. The van der Waals surface area contributed by atoms with Crippen molar-refractivity contribution in [3.05, 3.63) is 29.8 Å². The van der Waals surface area contributed by atoms with Crippen LogP contribution in [0.15, 0.2) is 24.3 Å². The number of esters is 2. The standard InChI is InChI=1S/C17H22N2O6/c1-4-24-14(21)8-10(2)15(16(18)22)19-17(23)12-6-5-7-13(9-12)25-11(3)20/h5-7,9-10,15H,4,8H2,1-3H3,(H2,18,22)(H,19,23)/t10-,15+/m1/s1. The fraction of sp³-hybridized carbons (Fsp3) is 0.412. The predicted octanol–water partition coefficient (Wildman–Crippen LogP) is 0.785. The summed E-state index contributed by atoms with van der Waals surface area (Å²) < 4.78 is 9.75. The Morgan fingerprint density at radius 1 is 1.24 bits per heavy atom. The molecule has 2 amide bonds. The van der Waals surface area contributed by atoms with Crippen molar-refractivity contribution in [2.24, 2.45) is 11.7 Å². The molecule has 0 spiro atoms. The summed E-state index contributed by atoms with van der Waals surface area (Å²) in [7, 11) is 0. The number of nitrogens with one attached hydrogen (secondary N) is 1. The Bertz CT molecular complexity index is 658. The maximum absolute atomic E-state index is 12.3. The maximum Gasteiger partial charge on any atom is 0.308 e. The topological polar surface area (TPSA) is 125 Å². The van der Waals surface area contributed by atoms with E-state index < -0.39 is 35.7 Å². The molecule has 0 saturated heterocycles. The van der Waals surface area contributed by atoms with E-state index in [4.69, 9.17) is 15.2 Å². The molecule has 0 heterocycles. The Labute approximate surface area is 145 Å². The number of amides is 2. The van der Waals surface area contributed by atoms with Crippen LogP contribution in [0.1, 0.15) is 37.6 Å². The van der Waals surface area contributed by atoms with Crippen LogP contribution >= 0.6 is 0 Å². The molecule has 0 fully saturated rings. The Hall–Kier alpha value is -2.90. The molecule has 3 N–H and O–H groups in total. The highest BCUT2D eigenvalue weighted by molar-refractivity contribution is 5.97. The number of benzene rings is 1. The third kappa shape index (κ3) is 6.62. The van der Waals surface area contributed by atoms with Gasteiger partial charge in [-0.1, -0.05) is 13.0 Å². The number of carbonyl (C=O) groups excluding carboxylic acids is 4. The minimum atomic E-state index is -1.05. The summed E-state index contributed by atoms with van der Waals surface area (Å²) in [6, 6.07) is 4.87. The van der Waals surface area contributed by atoms with E-state index in [-0.39, 0.29) is 24.3 Å². The monoisotopic (exact) mass is 350 g/mol. The van der Waals surface area contributed by atoms with Crippen molar-refractivity contribution >= 4 is 23.8 Å². The highest BCUT2D eigenvalue weighted by Crippen LogP contribution is 2.15. The van der Waals surface area contributed by atoms with Gasteiger partial charge in [-0.3, -0.25) is 19.2 Å². The van der Waals surface area contributed by atoms with Crippen LogP contribution in [-0.2, 0) is 19.1 Å². The van der Waals surface area contributed by atoms with Crippen LogP contribution in [0.2, 0.25) is 0 Å². The lowest BCUT2D eigenvalue weighted by Gasteiger charge is -2.21. The van der Waals surface area contributed by atoms with E-state index in [1.807, 2.05) is 0 Å². The van der Waals surface area contributed by atoms with Gasteiger partial charge in [0, 0.05) is 12.5 Å². The largest absolute Gasteiger partial charge is 0.466 e. The van der Waals surface area contributed by atoms with E-state index in [2.05, 4.69) is 5.32 Å². The van der Waals surface area contributed by atoms with Gasteiger partial charge in [-0.15, -0.1) is 0 Å². The molecule has 136 valence electrons. The van der Waals surface area contributed by atoms with Gasteiger partial charge in [-0.2, -0.15) is 0 Å². The molecule has 8 heteroatoms. The van der Waals surface area contributed by atoms with Crippen molar-refractivity contribution in [2.45, 2.75) is 33.2 Å². The Morgan fingerprint density at radius 2 is 1.92 bits per heavy atom. The minimum Gasteiger partial charge on any atom is -0.466 e. The Morgan fingerprint density at radius 3 is 2.48 bits per heavy atom. The van der Waals surface area contributed by atoms with E-state index in [9.17, 15) is 19.2 Å². The molecular formula is C17H22N2O6. The zero-order valence-electron chi connectivity index (χ0n) is 14.4. The lowest BCUT2D eigenvalue weighted by Crippen LogP contribution is -2.49. The van der Waals surface area contributed by atoms with E-state index in [1.54, 1.807) is 13.8 Å². The number of hydrogen-bond donors (Lipinski definition) is 2. The molecule has 0 saturated carbocycles. The van der Waals surface area contributed by atoms with Crippen molar-refractivity contribution in [3.8, 4) is 5.75 Å². The van der Waals surface area contributed by atoms with Gasteiger partial charge in [0.2, 0.25) is 5.91 Å². The minimum absolute atomic E-state index is 0.0603. The summed E-state index contributed by atoms with van der Waals surface area (Å²) in [5, 5.41) is 2.50. The van der Waals surface area contributed by atoms with Crippen molar-refractivity contribution in [1.82, 2.24) is 5.32 Å². The first-order chi connectivity index (χ1) is 11.7. The van der Waals surface area contributed by atoms with Crippen LogP contribution in [0, 0.1) is 5.92 Å². The van der Waals surface area contributed by atoms with Gasteiger partial charge in [0.1, 0.15) is 11.8 Å². The van der Waals surface area contributed by atoms with Gasteiger partial charge >= 0.3 is 11.9 Å². The van der Waals surface area contributed by atoms with Gasteiger partial charge in [-0.05, 0) is 31.0 Å². The summed E-state index contributed by atoms with van der Waals surface area (Å²) >= 11 is 0. The number of nitrogens with two attached hydrogens (primary N) is 1. The lowest BCUT2D eigenvalue weighted by atomic mass is 9.97. The molecule has 0 unspecified atom stereocenters. The van der Waals surface area contributed by atoms with E-state index in [0.29, 0.717) is 0 Å². The molecular weight excluding hydrogens is 328 g/mol. The molecule has 8 nitrogen and oxygen atoms in total.